The highest BCUT2D eigenvalue weighted by Crippen LogP contribution is 2.58. The van der Waals surface area contributed by atoms with Gasteiger partial charge in [0.15, 0.2) is 5.69 Å². The summed E-state index contributed by atoms with van der Waals surface area (Å²) in [5, 5.41) is 9.29. The summed E-state index contributed by atoms with van der Waals surface area (Å²) < 4.78 is 6.28. The number of amides is 1. The van der Waals surface area contributed by atoms with Gasteiger partial charge in [-0.2, -0.15) is 5.26 Å². The van der Waals surface area contributed by atoms with Crippen LogP contribution >= 0.6 is 11.6 Å². The zero-order valence-electron chi connectivity index (χ0n) is 19.0. The molecular weight excluding hydrogens is 414 g/mol. The first-order valence-corrected chi connectivity index (χ1v) is 10.5. The van der Waals surface area contributed by atoms with E-state index in [1.54, 1.807) is 19.3 Å². The summed E-state index contributed by atoms with van der Waals surface area (Å²) in [6.07, 6.45) is 2.95. The van der Waals surface area contributed by atoms with E-state index >= 15 is 0 Å². The van der Waals surface area contributed by atoms with Crippen molar-refractivity contribution in [2.75, 3.05) is 13.6 Å². The van der Waals surface area contributed by atoms with Gasteiger partial charge in [0.2, 0.25) is 0 Å². The number of carbonyl (C=O) groups is 1. The zero-order valence-corrected chi connectivity index (χ0v) is 19.8. The molecule has 3 rings (SSSR count). The van der Waals surface area contributed by atoms with Crippen molar-refractivity contribution in [3.63, 3.8) is 0 Å². The van der Waals surface area contributed by atoms with Gasteiger partial charge in [-0.3, -0.25) is 14.8 Å². The molecule has 2 aliphatic rings. The second-order valence-electron chi connectivity index (χ2n) is 9.38. The fourth-order valence-electron chi connectivity index (χ4n) is 5.24. The van der Waals surface area contributed by atoms with E-state index in [-0.39, 0.29) is 39.6 Å². The highest BCUT2D eigenvalue weighted by Gasteiger charge is 2.67. The van der Waals surface area contributed by atoms with Crippen LogP contribution in [-0.2, 0) is 4.79 Å². The van der Waals surface area contributed by atoms with Crippen molar-refractivity contribution in [3.8, 4) is 11.8 Å². The summed E-state index contributed by atoms with van der Waals surface area (Å²) in [4.78, 5) is 27.9. The minimum Gasteiger partial charge on any atom is -0.487 e. The molecule has 8 heteroatoms. The Kier molecular flexibility index (Phi) is 5.98. The van der Waals surface area contributed by atoms with Crippen LogP contribution < -0.4 is 4.74 Å². The van der Waals surface area contributed by atoms with Crippen LogP contribution in [0.25, 0.3) is 0 Å². The van der Waals surface area contributed by atoms with Gasteiger partial charge in [0.25, 0.3) is 5.91 Å². The molecule has 0 atom stereocenters. The fraction of sp³-hybridized carbons (Fsp3) is 0.522. The number of halogens is 1. The van der Waals surface area contributed by atoms with E-state index in [4.69, 9.17) is 21.6 Å². The maximum Gasteiger partial charge on any atom is 0.257 e. The first-order chi connectivity index (χ1) is 14.4. The quantitative estimate of drug-likeness (QED) is 0.520. The molecule has 1 saturated heterocycles. The molecule has 0 bridgehead atoms. The second-order valence-corrected chi connectivity index (χ2v) is 9.79. The maximum absolute atomic E-state index is 13.3. The number of aromatic nitrogens is 1. The lowest BCUT2D eigenvalue weighted by Gasteiger charge is -2.65. The molecule has 1 aromatic rings. The Morgan fingerprint density at radius 2 is 2.00 bits per heavy atom. The van der Waals surface area contributed by atoms with Gasteiger partial charge in [0.1, 0.15) is 17.9 Å². The Bertz CT molecular complexity index is 1030. The highest BCUT2D eigenvalue weighted by atomic mass is 35.5. The van der Waals surface area contributed by atoms with Crippen LogP contribution in [0.1, 0.15) is 47.2 Å². The molecule has 0 radical (unpaired) electrons. The van der Waals surface area contributed by atoms with Crippen LogP contribution in [0.4, 0.5) is 0 Å². The summed E-state index contributed by atoms with van der Waals surface area (Å²) in [6, 6.07) is 3.50. The zero-order chi connectivity index (χ0) is 23.1. The number of aliphatic imine (C=N–C) groups is 2. The number of carbonyl (C=O) groups excluding carboxylic acids is 1. The lowest BCUT2D eigenvalue weighted by atomic mass is 9.49. The molecule has 1 amide bonds. The van der Waals surface area contributed by atoms with Gasteiger partial charge in [-0.15, -0.1) is 0 Å². The summed E-state index contributed by atoms with van der Waals surface area (Å²) in [7, 11) is 1.70. The summed E-state index contributed by atoms with van der Waals surface area (Å²) in [5.74, 6) is 0.448. The number of likely N-dealkylation sites (tertiary alicyclic amines) is 1. The molecule has 2 heterocycles. The van der Waals surface area contributed by atoms with E-state index in [1.807, 2.05) is 24.8 Å². The average molecular weight is 442 g/mol. The van der Waals surface area contributed by atoms with E-state index in [9.17, 15) is 4.79 Å². The molecule has 2 fully saturated rings. The van der Waals surface area contributed by atoms with Crippen molar-refractivity contribution >= 4 is 28.9 Å². The molecule has 0 N–H and O–H groups in total. The standard InChI is InChI=1S/C23H28ClN5O2/c1-13(2)27-11-15-18(26-7)12-29(19(15)30)20-22(3,4)21(23(20,5)6)31-14-8-16(24)17(9-25)28-10-14/h8,10-11,20-21H,12H2,1-7H3/b15-11+,26-18?. The molecular formula is C23H28ClN5O2. The molecule has 31 heavy (non-hydrogen) atoms. The van der Waals surface area contributed by atoms with Gasteiger partial charge >= 0.3 is 0 Å². The Morgan fingerprint density at radius 1 is 1.35 bits per heavy atom. The molecule has 7 nitrogen and oxygen atoms in total. The number of rotatable bonds is 4. The topological polar surface area (TPSA) is 90.9 Å². The minimum absolute atomic E-state index is 0.0571. The van der Waals surface area contributed by atoms with E-state index in [0.29, 0.717) is 17.9 Å². The van der Waals surface area contributed by atoms with Gasteiger partial charge in [-0.1, -0.05) is 39.3 Å². The first kappa shape index (κ1) is 23.0. The molecule has 0 aromatic carbocycles. The molecule has 1 aliphatic carbocycles. The number of pyridine rings is 1. The van der Waals surface area contributed by atoms with Gasteiger partial charge < -0.3 is 9.64 Å². The number of nitriles is 1. The van der Waals surface area contributed by atoms with Crippen molar-refractivity contribution in [1.29, 1.82) is 5.26 Å². The van der Waals surface area contributed by atoms with E-state index in [0.717, 1.165) is 11.4 Å². The lowest BCUT2D eigenvalue weighted by Crippen LogP contribution is -2.75. The minimum atomic E-state index is -0.336. The first-order valence-electron chi connectivity index (χ1n) is 10.2. The number of hydrogen-bond donors (Lipinski definition) is 0. The second kappa shape index (κ2) is 8.08. The van der Waals surface area contributed by atoms with Crippen LogP contribution in [0.2, 0.25) is 5.02 Å². The third kappa shape index (κ3) is 3.85. The average Bonchev–Trinajstić information content (AvgIpc) is 2.99. The number of ether oxygens (including phenoxy) is 1. The normalized spacial score (nSPS) is 26.5. The molecule has 164 valence electrons. The van der Waals surface area contributed by atoms with Crippen LogP contribution in [0.15, 0.2) is 34.0 Å². The fourth-order valence-corrected chi connectivity index (χ4v) is 5.44. The van der Waals surface area contributed by atoms with Crippen LogP contribution in [0.5, 0.6) is 5.75 Å². The van der Waals surface area contributed by atoms with Gasteiger partial charge in [-0.05, 0) is 13.8 Å². The number of nitrogens with zero attached hydrogens (tertiary/aromatic N) is 5. The van der Waals surface area contributed by atoms with Crippen molar-refractivity contribution in [1.82, 2.24) is 9.88 Å². The Morgan fingerprint density at radius 3 is 2.52 bits per heavy atom. The van der Waals surface area contributed by atoms with Crippen molar-refractivity contribution in [2.24, 2.45) is 20.8 Å². The number of hydrogen-bond acceptors (Lipinski definition) is 6. The van der Waals surface area contributed by atoms with Crippen LogP contribution in [-0.4, -0.2) is 53.0 Å². The van der Waals surface area contributed by atoms with Gasteiger partial charge in [0.05, 0.1) is 29.0 Å². The smallest absolute Gasteiger partial charge is 0.257 e. The van der Waals surface area contributed by atoms with Crippen LogP contribution in [0.3, 0.4) is 0 Å². The molecule has 0 unspecified atom stereocenters. The van der Waals surface area contributed by atoms with Crippen molar-refractivity contribution in [3.05, 3.63) is 34.8 Å². The molecule has 1 aliphatic heterocycles. The lowest BCUT2D eigenvalue weighted by molar-refractivity contribution is -0.206. The summed E-state index contributed by atoms with van der Waals surface area (Å²) in [5.41, 5.74) is 1.66. The van der Waals surface area contributed by atoms with Gasteiger partial charge in [-0.25, -0.2) is 4.98 Å². The van der Waals surface area contributed by atoms with Crippen LogP contribution in [0, 0.1) is 22.2 Å². The highest BCUT2D eigenvalue weighted by molar-refractivity contribution is 6.31. The Balaban J connectivity index is 1.88. The largest absolute Gasteiger partial charge is 0.487 e. The third-order valence-electron chi connectivity index (χ3n) is 6.09. The van der Waals surface area contributed by atoms with E-state index in [2.05, 4.69) is 42.7 Å². The van der Waals surface area contributed by atoms with E-state index < -0.39 is 0 Å². The van der Waals surface area contributed by atoms with Crippen molar-refractivity contribution in [2.45, 2.75) is 53.7 Å². The third-order valence-corrected chi connectivity index (χ3v) is 6.38. The predicted octanol–water partition coefficient (Wildman–Crippen LogP) is 4.07. The van der Waals surface area contributed by atoms with E-state index in [1.165, 1.54) is 6.20 Å². The summed E-state index contributed by atoms with van der Waals surface area (Å²) >= 11 is 6.12. The maximum atomic E-state index is 13.3. The predicted molar refractivity (Wildman–Crippen MR) is 122 cm³/mol. The molecule has 0 spiro atoms. The van der Waals surface area contributed by atoms with Crippen molar-refractivity contribution < 1.29 is 9.53 Å². The molecule has 1 saturated carbocycles. The SMILES string of the molecule is CN=C1CN(C2C(C)(C)C(Oc3cnc(C#N)c(Cl)c3)C2(C)C)C(=O)/C1=C/N=C(C)C. The monoisotopic (exact) mass is 441 g/mol. The molecule has 1 aromatic heterocycles. The van der Waals surface area contributed by atoms with Gasteiger partial charge in [0, 0.05) is 41.9 Å². The Labute approximate surface area is 188 Å². The Hall–Kier alpha value is -2.72. The summed E-state index contributed by atoms with van der Waals surface area (Å²) in [6.45, 7) is 12.6.